The lowest BCUT2D eigenvalue weighted by Crippen LogP contribution is -2.23. The monoisotopic (exact) mass is 554 g/mol. The molecule has 7 nitrogen and oxygen atoms in total. The summed E-state index contributed by atoms with van der Waals surface area (Å²) in [6.45, 7) is 3.59. The van der Waals surface area contributed by atoms with Gasteiger partial charge < -0.3 is 10.5 Å². The van der Waals surface area contributed by atoms with Crippen molar-refractivity contribution < 1.29 is 9.53 Å². The Hall–Kier alpha value is -2.23. The standard InChI is InChI=1S/C20H17Br2ClN4O3/c1-10(2)19-26-16-4-3-12(21)7-13(16)20(29)27(19)25-8-11-5-14(22)18(15(23)6-11)30-9-17(24)28/h3-8,10H,9H2,1-2H3,(H2,24,28). The molecule has 0 spiro atoms. The number of aromatic nitrogens is 2. The highest BCUT2D eigenvalue weighted by atomic mass is 79.9. The largest absolute Gasteiger partial charge is 0.481 e. The first-order valence-electron chi connectivity index (χ1n) is 8.84. The Morgan fingerprint density at radius 1 is 1.33 bits per heavy atom. The molecular weight excluding hydrogens is 540 g/mol. The van der Waals surface area contributed by atoms with Crippen LogP contribution in [0.25, 0.3) is 10.9 Å². The molecule has 10 heteroatoms. The fourth-order valence-electron chi connectivity index (χ4n) is 2.71. The van der Waals surface area contributed by atoms with Crippen molar-refractivity contribution in [2.75, 3.05) is 6.61 Å². The Morgan fingerprint density at radius 2 is 2.07 bits per heavy atom. The van der Waals surface area contributed by atoms with Crippen molar-refractivity contribution in [3.05, 3.63) is 66.0 Å². The van der Waals surface area contributed by atoms with Crippen LogP contribution in [0.15, 0.2) is 49.2 Å². The number of amides is 1. The van der Waals surface area contributed by atoms with Crippen molar-refractivity contribution in [2.45, 2.75) is 19.8 Å². The van der Waals surface area contributed by atoms with E-state index in [1.165, 1.54) is 10.9 Å². The molecule has 0 bridgehead atoms. The SMILES string of the molecule is CC(C)c1nc2ccc(Br)cc2c(=O)n1N=Cc1cc(Cl)c(OCC(N)=O)c(Br)c1. The molecule has 0 aliphatic rings. The van der Waals surface area contributed by atoms with Crippen LogP contribution >= 0.6 is 43.5 Å². The highest BCUT2D eigenvalue weighted by Gasteiger charge is 2.14. The molecule has 2 aromatic carbocycles. The molecule has 1 aromatic heterocycles. The Morgan fingerprint density at radius 3 is 2.70 bits per heavy atom. The molecule has 0 saturated heterocycles. The van der Waals surface area contributed by atoms with Crippen LogP contribution in [0, 0.1) is 0 Å². The minimum atomic E-state index is -0.611. The third kappa shape index (κ3) is 4.91. The van der Waals surface area contributed by atoms with E-state index >= 15 is 0 Å². The second kappa shape index (κ2) is 9.28. The van der Waals surface area contributed by atoms with Gasteiger partial charge in [-0.3, -0.25) is 9.59 Å². The zero-order valence-electron chi connectivity index (χ0n) is 16.0. The molecule has 1 heterocycles. The molecule has 30 heavy (non-hydrogen) atoms. The predicted octanol–water partition coefficient (Wildman–Crippen LogP) is 4.44. The van der Waals surface area contributed by atoms with E-state index in [4.69, 9.17) is 22.1 Å². The maximum atomic E-state index is 13.1. The van der Waals surface area contributed by atoms with Crippen LogP contribution < -0.4 is 16.0 Å². The van der Waals surface area contributed by atoms with Gasteiger partial charge in [0.2, 0.25) is 0 Å². The quantitative estimate of drug-likeness (QED) is 0.454. The Balaban J connectivity index is 2.05. The van der Waals surface area contributed by atoms with E-state index in [2.05, 4.69) is 41.9 Å². The van der Waals surface area contributed by atoms with Gasteiger partial charge in [0.05, 0.1) is 26.6 Å². The summed E-state index contributed by atoms with van der Waals surface area (Å²) in [5.41, 5.74) is 6.06. The van der Waals surface area contributed by atoms with Crippen LogP contribution in [-0.4, -0.2) is 28.4 Å². The summed E-state index contributed by atoms with van der Waals surface area (Å²) in [5, 5.41) is 5.10. The van der Waals surface area contributed by atoms with E-state index in [0.717, 1.165) is 4.47 Å². The summed E-state index contributed by atoms with van der Waals surface area (Å²) in [4.78, 5) is 28.6. The highest BCUT2D eigenvalue weighted by molar-refractivity contribution is 9.10. The fourth-order valence-corrected chi connectivity index (χ4v) is 4.06. The summed E-state index contributed by atoms with van der Waals surface area (Å²) in [6, 6.07) is 8.67. The van der Waals surface area contributed by atoms with Crippen molar-refractivity contribution in [3.63, 3.8) is 0 Å². The van der Waals surface area contributed by atoms with E-state index in [1.807, 2.05) is 19.9 Å². The lowest BCUT2D eigenvalue weighted by Gasteiger charge is -2.12. The first kappa shape index (κ1) is 22.5. The highest BCUT2D eigenvalue weighted by Crippen LogP contribution is 2.34. The molecule has 0 aliphatic carbocycles. The molecular formula is C20H17Br2ClN4O3. The second-order valence-electron chi connectivity index (χ2n) is 6.72. The van der Waals surface area contributed by atoms with Gasteiger partial charge in [0, 0.05) is 10.4 Å². The third-order valence-corrected chi connectivity index (χ3v) is 5.41. The van der Waals surface area contributed by atoms with Gasteiger partial charge in [0.25, 0.3) is 11.5 Å². The van der Waals surface area contributed by atoms with Crippen molar-refractivity contribution in [2.24, 2.45) is 10.8 Å². The van der Waals surface area contributed by atoms with Crippen LogP contribution in [-0.2, 0) is 4.79 Å². The topological polar surface area (TPSA) is 99.6 Å². The van der Waals surface area contributed by atoms with Crippen LogP contribution in [0.3, 0.4) is 0 Å². The molecule has 1 amide bonds. The third-order valence-electron chi connectivity index (χ3n) is 4.05. The summed E-state index contributed by atoms with van der Waals surface area (Å²) in [6.07, 6.45) is 1.51. The molecule has 0 unspecified atom stereocenters. The van der Waals surface area contributed by atoms with Crippen LogP contribution in [0.1, 0.15) is 31.2 Å². The molecule has 3 rings (SSSR count). The zero-order chi connectivity index (χ0) is 22.0. The van der Waals surface area contributed by atoms with E-state index < -0.39 is 5.91 Å². The number of fused-ring (bicyclic) bond motifs is 1. The number of carbonyl (C=O) groups is 1. The number of ether oxygens (including phenoxy) is 1. The first-order valence-corrected chi connectivity index (χ1v) is 10.8. The fraction of sp³-hybridized carbons (Fsp3) is 0.200. The number of halogens is 3. The van der Waals surface area contributed by atoms with Crippen molar-refractivity contribution in [1.82, 2.24) is 9.66 Å². The number of hydrogen-bond donors (Lipinski definition) is 1. The number of benzene rings is 2. The Bertz CT molecular complexity index is 1200. The Kier molecular flexibility index (Phi) is 6.95. The van der Waals surface area contributed by atoms with Gasteiger partial charge in [-0.15, -0.1) is 0 Å². The van der Waals surface area contributed by atoms with Crippen molar-refractivity contribution >= 4 is 66.5 Å². The molecule has 2 N–H and O–H groups in total. The number of hydrogen-bond acceptors (Lipinski definition) is 5. The second-order valence-corrected chi connectivity index (χ2v) is 8.89. The zero-order valence-corrected chi connectivity index (χ0v) is 20.0. The predicted molar refractivity (Wildman–Crippen MR) is 125 cm³/mol. The average Bonchev–Trinajstić information content (AvgIpc) is 2.66. The lowest BCUT2D eigenvalue weighted by atomic mass is 10.2. The maximum Gasteiger partial charge on any atom is 0.282 e. The van der Waals surface area contributed by atoms with E-state index in [9.17, 15) is 9.59 Å². The van der Waals surface area contributed by atoms with Gasteiger partial charge in [-0.1, -0.05) is 41.4 Å². The summed E-state index contributed by atoms with van der Waals surface area (Å²) in [7, 11) is 0. The molecule has 0 fully saturated rings. The number of rotatable bonds is 6. The molecule has 0 radical (unpaired) electrons. The smallest absolute Gasteiger partial charge is 0.282 e. The van der Waals surface area contributed by atoms with Gasteiger partial charge in [-0.2, -0.15) is 9.78 Å². The van der Waals surface area contributed by atoms with Gasteiger partial charge in [-0.05, 0) is 51.8 Å². The van der Waals surface area contributed by atoms with Crippen LogP contribution in [0.2, 0.25) is 5.02 Å². The first-order chi connectivity index (χ1) is 14.2. The minimum Gasteiger partial charge on any atom is -0.481 e. The molecule has 0 saturated carbocycles. The van der Waals surface area contributed by atoms with E-state index in [0.29, 0.717) is 32.5 Å². The van der Waals surface area contributed by atoms with Crippen LogP contribution in [0.5, 0.6) is 5.75 Å². The molecule has 3 aromatic rings. The number of nitrogens with zero attached hydrogens (tertiary/aromatic N) is 3. The normalized spacial score (nSPS) is 11.5. The molecule has 0 aliphatic heterocycles. The number of primary amides is 1. The van der Waals surface area contributed by atoms with E-state index in [1.54, 1.807) is 24.3 Å². The summed E-state index contributed by atoms with van der Waals surface area (Å²) in [5.74, 6) is 0.199. The summed E-state index contributed by atoms with van der Waals surface area (Å²) < 4.78 is 7.90. The Labute approximate surface area is 194 Å². The van der Waals surface area contributed by atoms with Gasteiger partial charge in [-0.25, -0.2) is 4.98 Å². The van der Waals surface area contributed by atoms with Crippen molar-refractivity contribution in [3.8, 4) is 5.75 Å². The van der Waals surface area contributed by atoms with Crippen molar-refractivity contribution in [1.29, 1.82) is 0 Å². The number of carbonyl (C=O) groups excluding carboxylic acids is 1. The van der Waals surface area contributed by atoms with Crippen LogP contribution in [0.4, 0.5) is 0 Å². The van der Waals surface area contributed by atoms with E-state index in [-0.39, 0.29) is 23.1 Å². The van der Waals surface area contributed by atoms with Gasteiger partial charge >= 0.3 is 0 Å². The summed E-state index contributed by atoms with van der Waals surface area (Å²) >= 11 is 13.0. The molecule has 156 valence electrons. The minimum absolute atomic E-state index is 0.0252. The van der Waals surface area contributed by atoms with Gasteiger partial charge in [0.1, 0.15) is 5.82 Å². The maximum absolute atomic E-state index is 13.1. The average molecular weight is 557 g/mol. The van der Waals surface area contributed by atoms with Gasteiger partial charge in [0.15, 0.2) is 12.4 Å². The lowest BCUT2D eigenvalue weighted by molar-refractivity contribution is -0.119. The molecule has 0 atom stereocenters. The number of nitrogens with two attached hydrogens (primary N) is 1.